The third kappa shape index (κ3) is 4.13. The summed E-state index contributed by atoms with van der Waals surface area (Å²) in [4.78, 5) is 0. The molecule has 0 amide bonds. The zero-order valence-corrected chi connectivity index (χ0v) is 12.3. The summed E-state index contributed by atoms with van der Waals surface area (Å²) in [6.07, 6.45) is 0.0506. The van der Waals surface area contributed by atoms with Gasteiger partial charge in [-0.1, -0.05) is 30.1 Å². The molecule has 0 aromatic heterocycles. The summed E-state index contributed by atoms with van der Waals surface area (Å²) in [6.45, 7) is 5.73. The van der Waals surface area contributed by atoms with Gasteiger partial charge in [0.1, 0.15) is 11.9 Å². The molecule has 0 heterocycles. The maximum atomic E-state index is 6.05. The molecule has 5 heteroatoms. The second-order valence-corrected chi connectivity index (χ2v) is 5.10. The molecule has 1 unspecified atom stereocenters. The standard InChI is InChI=1S/C11H14BrCl2NO/c1-3-15-6-7(2)16-11-5-9(13)8(12)4-10(11)14/h4-5,7,15H,3,6H2,1-2H3. The van der Waals surface area contributed by atoms with E-state index in [1.807, 2.05) is 6.92 Å². The van der Waals surface area contributed by atoms with Crippen LogP contribution in [0.25, 0.3) is 0 Å². The van der Waals surface area contributed by atoms with E-state index in [9.17, 15) is 0 Å². The lowest BCUT2D eigenvalue weighted by Gasteiger charge is -2.16. The molecule has 1 atom stereocenters. The molecule has 1 aromatic carbocycles. The minimum Gasteiger partial charge on any atom is -0.488 e. The van der Waals surface area contributed by atoms with Crippen LogP contribution in [0.4, 0.5) is 0 Å². The second-order valence-electron chi connectivity index (χ2n) is 3.43. The first kappa shape index (κ1) is 14.1. The Morgan fingerprint density at radius 1 is 1.38 bits per heavy atom. The summed E-state index contributed by atoms with van der Waals surface area (Å²) in [5.41, 5.74) is 0. The van der Waals surface area contributed by atoms with Crippen LogP contribution in [0.5, 0.6) is 5.75 Å². The Hall–Kier alpha value is 0.0400. The summed E-state index contributed by atoms with van der Waals surface area (Å²) in [5.74, 6) is 0.611. The number of rotatable bonds is 5. The molecule has 90 valence electrons. The van der Waals surface area contributed by atoms with Crippen molar-refractivity contribution in [2.24, 2.45) is 0 Å². The molecule has 0 bridgehead atoms. The van der Waals surface area contributed by atoms with E-state index < -0.39 is 0 Å². The van der Waals surface area contributed by atoms with E-state index in [2.05, 4.69) is 28.2 Å². The normalized spacial score (nSPS) is 12.6. The van der Waals surface area contributed by atoms with Crippen LogP contribution in [0.2, 0.25) is 10.0 Å². The molecule has 0 radical (unpaired) electrons. The zero-order chi connectivity index (χ0) is 12.1. The summed E-state index contributed by atoms with van der Waals surface area (Å²) in [6, 6.07) is 3.45. The number of hydrogen-bond donors (Lipinski definition) is 1. The topological polar surface area (TPSA) is 21.3 Å². The highest BCUT2D eigenvalue weighted by Crippen LogP contribution is 2.34. The lowest BCUT2D eigenvalue weighted by atomic mass is 10.3. The average Bonchev–Trinajstić information content (AvgIpc) is 2.23. The molecule has 0 saturated carbocycles. The second kappa shape index (κ2) is 6.70. The number of ether oxygens (including phenoxy) is 1. The lowest BCUT2D eigenvalue weighted by Crippen LogP contribution is -2.28. The van der Waals surface area contributed by atoms with Crippen LogP contribution < -0.4 is 10.1 Å². The average molecular weight is 327 g/mol. The van der Waals surface area contributed by atoms with Crippen LogP contribution in [0.3, 0.4) is 0 Å². The largest absolute Gasteiger partial charge is 0.488 e. The van der Waals surface area contributed by atoms with Crippen molar-refractivity contribution >= 4 is 39.1 Å². The molecular formula is C11H14BrCl2NO. The molecule has 0 aliphatic rings. The highest BCUT2D eigenvalue weighted by atomic mass is 79.9. The Balaban J connectivity index is 2.69. The Kier molecular flexibility index (Phi) is 5.90. The van der Waals surface area contributed by atoms with Crippen LogP contribution in [0.1, 0.15) is 13.8 Å². The fourth-order valence-electron chi connectivity index (χ4n) is 1.20. The minimum atomic E-state index is 0.0506. The quantitative estimate of drug-likeness (QED) is 0.821. The van der Waals surface area contributed by atoms with Gasteiger partial charge in [0.15, 0.2) is 0 Å². The van der Waals surface area contributed by atoms with Crippen molar-refractivity contribution in [1.82, 2.24) is 5.32 Å². The van der Waals surface area contributed by atoms with E-state index in [1.165, 1.54) is 0 Å². The van der Waals surface area contributed by atoms with Crippen LogP contribution in [-0.4, -0.2) is 19.2 Å². The van der Waals surface area contributed by atoms with Crippen molar-refractivity contribution < 1.29 is 4.74 Å². The summed E-state index contributed by atoms with van der Waals surface area (Å²) >= 11 is 15.3. The van der Waals surface area contributed by atoms with Gasteiger partial charge in [-0.05, 0) is 35.5 Å². The van der Waals surface area contributed by atoms with Gasteiger partial charge in [-0.2, -0.15) is 0 Å². The number of benzene rings is 1. The van der Waals surface area contributed by atoms with Crippen molar-refractivity contribution in [3.8, 4) is 5.75 Å². The highest BCUT2D eigenvalue weighted by molar-refractivity contribution is 9.10. The van der Waals surface area contributed by atoms with E-state index in [-0.39, 0.29) is 6.10 Å². The van der Waals surface area contributed by atoms with E-state index in [1.54, 1.807) is 12.1 Å². The van der Waals surface area contributed by atoms with Crippen LogP contribution >= 0.6 is 39.1 Å². The molecule has 2 nitrogen and oxygen atoms in total. The van der Waals surface area contributed by atoms with Crippen molar-refractivity contribution in [2.75, 3.05) is 13.1 Å². The van der Waals surface area contributed by atoms with Gasteiger partial charge in [0.2, 0.25) is 0 Å². The van der Waals surface area contributed by atoms with Crippen LogP contribution in [0, 0.1) is 0 Å². The highest BCUT2D eigenvalue weighted by Gasteiger charge is 2.10. The van der Waals surface area contributed by atoms with Gasteiger partial charge in [0.05, 0.1) is 10.0 Å². The maximum Gasteiger partial charge on any atom is 0.139 e. The third-order valence-electron chi connectivity index (χ3n) is 1.98. The molecule has 0 fully saturated rings. The Morgan fingerprint density at radius 3 is 2.69 bits per heavy atom. The van der Waals surface area contributed by atoms with Gasteiger partial charge in [-0.25, -0.2) is 0 Å². The molecule has 1 rings (SSSR count). The molecule has 0 aliphatic heterocycles. The number of nitrogens with one attached hydrogen (secondary N) is 1. The molecule has 16 heavy (non-hydrogen) atoms. The Bertz CT molecular complexity index is 360. The van der Waals surface area contributed by atoms with Gasteiger partial charge < -0.3 is 10.1 Å². The summed E-state index contributed by atoms with van der Waals surface area (Å²) in [5, 5.41) is 4.35. The SMILES string of the molecule is CCNCC(C)Oc1cc(Cl)c(Br)cc1Cl. The molecule has 1 aromatic rings. The Labute approximate surface area is 114 Å². The van der Waals surface area contributed by atoms with Crippen molar-refractivity contribution in [3.63, 3.8) is 0 Å². The fourth-order valence-corrected chi connectivity index (χ4v) is 2.04. The smallest absolute Gasteiger partial charge is 0.139 e. The van der Waals surface area contributed by atoms with E-state index in [0.717, 1.165) is 17.6 Å². The van der Waals surface area contributed by atoms with Gasteiger partial charge in [0.25, 0.3) is 0 Å². The van der Waals surface area contributed by atoms with Gasteiger partial charge in [-0.15, -0.1) is 0 Å². The number of halogens is 3. The first-order chi connectivity index (χ1) is 7.54. The van der Waals surface area contributed by atoms with Crippen molar-refractivity contribution in [1.29, 1.82) is 0 Å². The van der Waals surface area contributed by atoms with Crippen LogP contribution in [-0.2, 0) is 0 Å². The predicted molar refractivity (Wildman–Crippen MR) is 72.8 cm³/mol. The van der Waals surface area contributed by atoms with E-state index >= 15 is 0 Å². The minimum absolute atomic E-state index is 0.0506. The monoisotopic (exact) mass is 325 g/mol. The molecular weight excluding hydrogens is 313 g/mol. The van der Waals surface area contributed by atoms with Crippen molar-refractivity contribution in [2.45, 2.75) is 20.0 Å². The predicted octanol–water partition coefficient (Wildman–Crippen LogP) is 4.13. The molecule has 0 spiro atoms. The van der Waals surface area contributed by atoms with Gasteiger partial charge >= 0.3 is 0 Å². The Morgan fingerprint density at radius 2 is 2.06 bits per heavy atom. The van der Waals surface area contributed by atoms with Gasteiger partial charge in [-0.3, -0.25) is 0 Å². The fraction of sp³-hybridized carbons (Fsp3) is 0.455. The van der Waals surface area contributed by atoms with Crippen molar-refractivity contribution in [3.05, 3.63) is 26.7 Å². The first-order valence-electron chi connectivity index (χ1n) is 5.06. The molecule has 1 N–H and O–H groups in total. The van der Waals surface area contributed by atoms with Crippen LogP contribution in [0.15, 0.2) is 16.6 Å². The summed E-state index contributed by atoms with van der Waals surface area (Å²) < 4.78 is 6.45. The van der Waals surface area contributed by atoms with E-state index in [0.29, 0.717) is 15.8 Å². The first-order valence-corrected chi connectivity index (χ1v) is 6.61. The molecule has 0 saturated heterocycles. The molecule has 0 aliphatic carbocycles. The maximum absolute atomic E-state index is 6.05. The zero-order valence-electron chi connectivity index (χ0n) is 9.19. The third-order valence-corrected chi connectivity index (χ3v) is 3.48. The lowest BCUT2D eigenvalue weighted by molar-refractivity contribution is 0.218. The number of hydrogen-bond acceptors (Lipinski definition) is 2. The number of likely N-dealkylation sites (N-methyl/N-ethyl adjacent to an activating group) is 1. The summed E-state index contributed by atoms with van der Waals surface area (Å²) in [7, 11) is 0. The van der Waals surface area contributed by atoms with Gasteiger partial charge in [0, 0.05) is 17.1 Å². The van der Waals surface area contributed by atoms with E-state index in [4.69, 9.17) is 27.9 Å².